The van der Waals surface area contributed by atoms with Gasteiger partial charge in [-0.05, 0) is 12.1 Å². The van der Waals surface area contributed by atoms with Crippen molar-refractivity contribution in [3.05, 3.63) is 48.4 Å². The van der Waals surface area contributed by atoms with Crippen molar-refractivity contribution < 1.29 is 9.90 Å². The zero-order valence-corrected chi connectivity index (χ0v) is 6.47. The lowest BCUT2D eigenvalue weighted by molar-refractivity contribution is -0.132. The lowest BCUT2D eigenvalue weighted by atomic mass is 10.2. The highest BCUT2D eigenvalue weighted by molar-refractivity contribution is 5.80. The van der Waals surface area contributed by atoms with Gasteiger partial charge in [0.1, 0.15) is 6.08 Å². The summed E-state index contributed by atoms with van der Waals surface area (Å²) in [7, 11) is 0. The summed E-state index contributed by atoms with van der Waals surface area (Å²) in [4.78, 5) is 10.1. The molecule has 0 radical (unpaired) electrons. The Balaban J connectivity index is 2.52. The molecule has 0 aliphatic heterocycles. The van der Waals surface area contributed by atoms with E-state index in [0.29, 0.717) is 0 Å². The molecule has 0 bridgehead atoms. The quantitative estimate of drug-likeness (QED) is 0.688. The maximum Gasteiger partial charge on any atom is 0.413 e. The Labute approximate surface area is 71.2 Å². The normalized spacial score (nSPS) is 10.0. The van der Waals surface area contributed by atoms with Gasteiger partial charge in [0.2, 0.25) is 0 Å². The van der Waals surface area contributed by atoms with Crippen molar-refractivity contribution in [2.75, 3.05) is 0 Å². The highest BCUT2D eigenvalue weighted by Crippen LogP contribution is 2.00. The molecule has 1 aromatic carbocycles. The van der Waals surface area contributed by atoms with E-state index >= 15 is 0 Å². The van der Waals surface area contributed by atoms with Crippen LogP contribution in [0.1, 0.15) is 5.56 Å². The van der Waals surface area contributed by atoms with Crippen LogP contribution in [-0.2, 0) is 4.79 Å². The Morgan fingerprint density at radius 3 is 2.58 bits per heavy atom. The largest absolute Gasteiger partial charge is 0.463 e. The number of hydrogen-bond donors (Lipinski definition) is 1. The molecule has 0 spiro atoms. The molecule has 0 saturated heterocycles. The fourth-order valence-electron chi connectivity index (χ4n) is 0.806. The highest BCUT2D eigenvalue weighted by atomic mass is 16.4. The Bertz CT molecular complexity index is 275. The van der Waals surface area contributed by atoms with Crippen LogP contribution >= 0.6 is 0 Å². The molecule has 0 aliphatic rings. The van der Waals surface area contributed by atoms with Crippen LogP contribution < -0.4 is 0 Å². The molecule has 0 atom stereocenters. The first-order valence-electron chi connectivity index (χ1n) is 3.58. The fraction of sp³-hybridized carbons (Fsp3) is 0. The fourth-order valence-corrected chi connectivity index (χ4v) is 0.806. The molecule has 0 aromatic heterocycles. The number of rotatable bonds is 3. The van der Waals surface area contributed by atoms with Crippen LogP contribution in [0.3, 0.4) is 0 Å². The van der Waals surface area contributed by atoms with Crippen LogP contribution in [0.15, 0.2) is 36.4 Å². The van der Waals surface area contributed by atoms with Gasteiger partial charge in [-0.3, -0.25) is 0 Å². The number of aliphatic carboxylic acids is 1. The third-order valence-electron chi connectivity index (χ3n) is 1.33. The SMILES string of the molecule is O=C(O)[CH+]C=Cc1ccccc1. The third-order valence-corrected chi connectivity index (χ3v) is 1.33. The zero-order chi connectivity index (χ0) is 8.81. The minimum absolute atomic E-state index is 0.929. The molecule has 0 heterocycles. The summed E-state index contributed by atoms with van der Waals surface area (Å²) in [5, 5.41) is 8.28. The lowest BCUT2D eigenvalue weighted by Gasteiger charge is -1.82. The first-order chi connectivity index (χ1) is 5.79. The van der Waals surface area contributed by atoms with Crippen LogP contribution in [0, 0.1) is 6.42 Å². The number of hydrogen-bond acceptors (Lipinski definition) is 1. The van der Waals surface area contributed by atoms with E-state index in [1.807, 2.05) is 30.3 Å². The standard InChI is InChI=1S/C10H8O2/c11-10(12)8-4-7-9-5-2-1-3-6-9/h1-8H/p+1. The van der Waals surface area contributed by atoms with Gasteiger partial charge in [0, 0.05) is 0 Å². The van der Waals surface area contributed by atoms with Crippen molar-refractivity contribution in [1.82, 2.24) is 0 Å². The van der Waals surface area contributed by atoms with Crippen molar-refractivity contribution in [1.29, 1.82) is 0 Å². The molecule has 60 valence electrons. The van der Waals surface area contributed by atoms with Crippen molar-refractivity contribution in [3.8, 4) is 0 Å². The molecule has 0 saturated carbocycles. The average Bonchev–Trinajstić information content (AvgIpc) is 2.05. The second kappa shape index (κ2) is 4.23. The second-order valence-corrected chi connectivity index (χ2v) is 2.27. The average molecular weight is 161 g/mol. The molecule has 0 amide bonds. The molecular formula is C10H9O2+. The summed E-state index contributed by atoms with van der Waals surface area (Å²) < 4.78 is 0. The molecule has 1 N–H and O–H groups in total. The van der Waals surface area contributed by atoms with Crippen molar-refractivity contribution in [2.24, 2.45) is 0 Å². The first kappa shape index (κ1) is 8.40. The maximum absolute atomic E-state index is 10.1. The highest BCUT2D eigenvalue weighted by Gasteiger charge is 1.98. The van der Waals surface area contributed by atoms with E-state index in [1.54, 1.807) is 6.08 Å². The maximum atomic E-state index is 10.1. The summed E-state index contributed by atoms with van der Waals surface area (Å²) >= 11 is 0. The molecule has 2 nitrogen and oxygen atoms in total. The van der Waals surface area contributed by atoms with Crippen LogP contribution in [0.25, 0.3) is 6.08 Å². The van der Waals surface area contributed by atoms with E-state index in [9.17, 15) is 4.79 Å². The summed E-state index contributed by atoms with van der Waals surface area (Å²) in [6.45, 7) is 0. The number of benzene rings is 1. The van der Waals surface area contributed by atoms with Crippen molar-refractivity contribution in [2.45, 2.75) is 0 Å². The summed E-state index contributed by atoms with van der Waals surface area (Å²) in [5.74, 6) is -0.929. The van der Waals surface area contributed by atoms with Gasteiger partial charge in [-0.1, -0.05) is 18.2 Å². The third kappa shape index (κ3) is 2.92. The predicted octanol–water partition coefficient (Wildman–Crippen LogP) is 1.99. The minimum atomic E-state index is -0.929. The van der Waals surface area contributed by atoms with E-state index in [1.165, 1.54) is 6.08 Å². The van der Waals surface area contributed by atoms with E-state index in [4.69, 9.17) is 5.11 Å². The molecule has 2 heteroatoms. The number of carboxylic acid groups (broad SMARTS) is 1. The van der Waals surface area contributed by atoms with Crippen molar-refractivity contribution in [3.63, 3.8) is 0 Å². The van der Waals surface area contributed by atoms with Gasteiger partial charge in [-0.2, -0.15) is 0 Å². The van der Waals surface area contributed by atoms with Crippen LogP contribution in [0.4, 0.5) is 0 Å². The summed E-state index contributed by atoms with van der Waals surface area (Å²) in [6, 6.07) is 9.54. The van der Waals surface area contributed by atoms with E-state index in [2.05, 4.69) is 0 Å². The van der Waals surface area contributed by atoms with Gasteiger partial charge in [-0.15, -0.1) is 0 Å². The molecule has 0 unspecified atom stereocenters. The Morgan fingerprint density at radius 2 is 2.00 bits per heavy atom. The topological polar surface area (TPSA) is 37.3 Å². The molecule has 1 rings (SSSR count). The smallest absolute Gasteiger partial charge is 0.413 e. The number of carbonyl (C=O) groups is 1. The predicted molar refractivity (Wildman–Crippen MR) is 47.4 cm³/mol. The zero-order valence-electron chi connectivity index (χ0n) is 6.47. The van der Waals surface area contributed by atoms with Gasteiger partial charge in [0.25, 0.3) is 0 Å². The molecule has 0 fully saturated rings. The van der Waals surface area contributed by atoms with E-state index < -0.39 is 5.97 Å². The molecule has 12 heavy (non-hydrogen) atoms. The van der Waals surface area contributed by atoms with E-state index in [0.717, 1.165) is 12.0 Å². The van der Waals surface area contributed by atoms with Gasteiger partial charge in [-0.25, -0.2) is 4.79 Å². The van der Waals surface area contributed by atoms with Gasteiger partial charge in [0.15, 0.2) is 6.42 Å². The van der Waals surface area contributed by atoms with Gasteiger partial charge < -0.3 is 5.11 Å². The Morgan fingerprint density at radius 1 is 1.33 bits per heavy atom. The molecular weight excluding hydrogens is 152 g/mol. The monoisotopic (exact) mass is 161 g/mol. The minimum Gasteiger partial charge on any atom is -0.463 e. The van der Waals surface area contributed by atoms with Gasteiger partial charge in [0.05, 0.1) is 11.6 Å². The Hall–Kier alpha value is -1.70. The number of carboxylic acids is 1. The van der Waals surface area contributed by atoms with Crippen LogP contribution in [0.2, 0.25) is 0 Å². The molecule has 0 aliphatic carbocycles. The van der Waals surface area contributed by atoms with Gasteiger partial charge >= 0.3 is 5.97 Å². The van der Waals surface area contributed by atoms with Crippen molar-refractivity contribution >= 4 is 12.0 Å². The first-order valence-corrected chi connectivity index (χ1v) is 3.58. The van der Waals surface area contributed by atoms with Crippen LogP contribution in [-0.4, -0.2) is 11.1 Å². The summed E-state index contributed by atoms with van der Waals surface area (Å²) in [5.41, 5.74) is 0.995. The second-order valence-electron chi connectivity index (χ2n) is 2.27. The Kier molecular flexibility index (Phi) is 2.96. The van der Waals surface area contributed by atoms with E-state index in [-0.39, 0.29) is 0 Å². The lowest BCUT2D eigenvalue weighted by Crippen LogP contribution is -1.90. The summed E-state index contributed by atoms with van der Waals surface area (Å²) in [6.07, 6.45) is 4.36. The van der Waals surface area contributed by atoms with Crippen LogP contribution in [0.5, 0.6) is 0 Å². The molecule has 1 aromatic rings.